The van der Waals surface area contributed by atoms with Crippen molar-refractivity contribution < 1.29 is 59.1 Å². The Balaban J connectivity index is 1.02. The van der Waals surface area contributed by atoms with Crippen molar-refractivity contribution in [3.05, 3.63) is 0 Å². The van der Waals surface area contributed by atoms with Gasteiger partial charge in [-0.2, -0.15) is 0 Å². The van der Waals surface area contributed by atoms with Gasteiger partial charge in [0.2, 0.25) is 0 Å². The topological polar surface area (TPSA) is 177 Å². The number of aliphatic hydroxyl groups excluding tert-OH is 6. The van der Waals surface area contributed by atoms with Crippen LogP contribution in [0, 0.1) is 52.3 Å². The highest BCUT2D eigenvalue weighted by atomic mass is 16.7. The van der Waals surface area contributed by atoms with Crippen LogP contribution in [0.15, 0.2) is 0 Å². The second-order valence-corrected chi connectivity index (χ2v) is 18.0. The zero-order chi connectivity index (χ0) is 34.6. The van der Waals surface area contributed by atoms with Crippen molar-refractivity contribution in [1.29, 1.82) is 0 Å². The molecular formula is C37H60O12. The van der Waals surface area contributed by atoms with Gasteiger partial charge in [-0.05, 0) is 97.7 Å². The lowest BCUT2D eigenvalue weighted by atomic mass is 9.43. The molecule has 280 valence electrons. The van der Waals surface area contributed by atoms with Gasteiger partial charge in [0.25, 0.3) is 0 Å². The van der Waals surface area contributed by atoms with E-state index < -0.39 is 61.1 Å². The third kappa shape index (κ3) is 5.61. The van der Waals surface area contributed by atoms with Gasteiger partial charge in [0.15, 0.2) is 18.4 Å². The Labute approximate surface area is 289 Å². The molecule has 0 aromatic heterocycles. The minimum Gasteiger partial charge on any atom is -0.393 e. The first-order chi connectivity index (χ1) is 23.3. The van der Waals surface area contributed by atoms with Crippen molar-refractivity contribution in [2.75, 3.05) is 19.8 Å². The van der Waals surface area contributed by atoms with Gasteiger partial charge in [0.1, 0.15) is 36.6 Å². The number of aliphatic hydroxyl groups is 6. The number of fused-ring (bicyclic) bond motifs is 7. The smallest absolute Gasteiger partial charge is 0.186 e. The summed E-state index contributed by atoms with van der Waals surface area (Å²) in [5.74, 6) is 2.28. The van der Waals surface area contributed by atoms with Crippen LogP contribution in [0.5, 0.6) is 0 Å². The normalized spacial score (nSPS) is 60.4. The average Bonchev–Trinajstić information content (AvgIpc) is 3.52. The van der Waals surface area contributed by atoms with Crippen molar-refractivity contribution in [2.45, 2.75) is 159 Å². The summed E-state index contributed by atoms with van der Waals surface area (Å²) in [6, 6.07) is 0. The second kappa shape index (κ2) is 12.8. The summed E-state index contributed by atoms with van der Waals surface area (Å²) in [5.41, 5.74) is 0.0696. The first kappa shape index (κ1) is 35.5. The molecule has 0 unspecified atom stereocenters. The average molecular weight is 697 g/mol. The van der Waals surface area contributed by atoms with Gasteiger partial charge >= 0.3 is 0 Å². The molecule has 4 saturated carbocycles. The van der Waals surface area contributed by atoms with E-state index >= 15 is 0 Å². The van der Waals surface area contributed by atoms with Crippen LogP contribution in [0.1, 0.15) is 85.5 Å². The van der Waals surface area contributed by atoms with Crippen molar-refractivity contribution in [1.82, 2.24) is 0 Å². The summed E-state index contributed by atoms with van der Waals surface area (Å²) in [4.78, 5) is 0. The molecule has 0 aromatic carbocycles. The molecule has 0 bridgehead atoms. The Kier molecular flexibility index (Phi) is 9.31. The molecule has 0 radical (unpaired) electrons. The van der Waals surface area contributed by atoms with Crippen LogP contribution in [0.2, 0.25) is 0 Å². The fraction of sp³-hybridized carbons (Fsp3) is 1.00. The van der Waals surface area contributed by atoms with Crippen LogP contribution in [-0.4, -0.2) is 124 Å². The van der Waals surface area contributed by atoms with E-state index in [0.29, 0.717) is 41.9 Å². The van der Waals surface area contributed by atoms with E-state index in [9.17, 15) is 30.6 Å². The fourth-order valence-corrected chi connectivity index (χ4v) is 12.7. The molecule has 8 rings (SSSR count). The SMILES string of the molecule is C[C@@H]1CC[C@@]2(OC1)O[C@H]1C[C@H]3[C@@H]4C[C@H](O[C@@H]5OC[C@@H](O)[C@H](O[C@@H]6OC[C@@H](O)[C@H](O)[C@H]6O)[C@H]5O)[C@H]5C[C@@H](O)CC[C@]5(C)[C@H]4CC[C@]3(C)[C@H]1[C@@H]2C. The number of rotatable bonds is 4. The predicted octanol–water partition coefficient (Wildman–Crippen LogP) is 1.69. The van der Waals surface area contributed by atoms with Crippen molar-refractivity contribution >= 4 is 0 Å². The maximum atomic E-state index is 11.5. The lowest BCUT2D eigenvalue weighted by Crippen LogP contribution is -2.62. The zero-order valence-corrected chi connectivity index (χ0v) is 29.5. The zero-order valence-electron chi connectivity index (χ0n) is 29.5. The number of hydrogen-bond acceptors (Lipinski definition) is 12. The van der Waals surface area contributed by atoms with E-state index in [0.717, 1.165) is 51.6 Å². The number of hydrogen-bond donors (Lipinski definition) is 6. The molecule has 4 saturated heterocycles. The third-order valence-corrected chi connectivity index (χ3v) is 15.4. The Morgan fingerprint density at radius 1 is 0.653 bits per heavy atom. The van der Waals surface area contributed by atoms with E-state index in [4.69, 9.17) is 28.4 Å². The summed E-state index contributed by atoms with van der Waals surface area (Å²) in [6.45, 7) is 9.86. The molecule has 4 heterocycles. The standard InChI is InChI=1S/C37H60O12/c1-17-5-10-37(46-14-17)18(2)28-27(49-37)13-22-20-12-26(23-11-19(38)6-8-35(23,3)21(20)7-9-36(22,28)4)47-34-31(43)32(25(40)16-45-34)48-33-30(42)29(41)24(39)15-44-33/h17-34,38-43H,5-16H2,1-4H3/t17-,18+,19+,20-,21+,22+,23-,24-,25-,26+,27+,28+,29+,30-,31-,32+,33+,34+,35-,36+,37-/m1/s1. The van der Waals surface area contributed by atoms with Crippen molar-refractivity contribution in [3.63, 3.8) is 0 Å². The van der Waals surface area contributed by atoms with E-state index in [-0.39, 0.29) is 42.2 Å². The monoisotopic (exact) mass is 696 g/mol. The summed E-state index contributed by atoms with van der Waals surface area (Å²) in [7, 11) is 0. The fourth-order valence-electron chi connectivity index (χ4n) is 12.7. The van der Waals surface area contributed by atoms with Crippen LogP contribution in [0.3, 0.4) is 0 Å². The van der Waals surface area contributed by atoms with Gasteiger partial charge in [0.05, 0.1) is 38.1 Å². The molecule has 4 aliphatic heterocycles. The molecule has 12 nitrogen and oxygen atoms in total. The van der Waals surface area contributed by atoms with Crippen LogP contribution in [0.25, 0.3) is 0 Å². The molecule has 8 aliphatic rings. The molecule has 1 spiro atoms. The maximum absolute atomic E-state index is 11.5. The molecule has 0 amide bonds. The molecule has 12 heteroatoms. The quantitative estimate of drug-likeness (QED) is 0.235. The van der Waals surface area contributed by atoms with E-state index in [1.165, 1.54) is 6.42 Å². The second-order valence-electron chi connectivity index (χ2n) is 18.0. The third-order valence-electron chi connectivity index (χ3n) is 15.4. The molecule has 49 heavy (non-hydrogen) atoms. The van der Waals surface area contributed by atoms with Crippen molar-refractivity contribution in [2.24, 2.45) is 52.3 Å². The minimum atomic E-state index is -1.56. The van der Waals surface area contributed by atoms with Gasteiger partial charge in [-0.25, -0.2) is 0 Å². The molecule has 4 aliphatic carbocycles. The molecule has 8 fully saturated rings. The van der Waals surface area contributed by atoms with Gasteiger partial charge in [0, 0.05) is 12.3 Å². The summed E-state index contributed by atoms with van der Waals surface area (Å²) in [6.07, 6.45) is -2.65. The van der Waals surface area contributed by atoms with E-state index in [1.54, 1.807) is 0 Å². The van der Waals surface area contributed by atoms with E-state index in [2.05, 4.69) is 27.7 Å². The number of ether oxygens (including phenoxy) is 6. The molecule has 21 atom stereocenters. The summed E-state index contributed by atoms with van der Waals surface area (Å²) in [5, 5.41) is 63.7. The maximum Gasteiger partial charge on any atom is 0.186 e. The Hall–Kier alpha value is -0.480. The Morgan fingerprint density at radius 3 is 2.10 bits per heavy atom. The Morgan fingerprint density at radius 2 is 1.37 bits per heavy atom. The van der Waals surface area contributed by atoms with Gasteiger partial charge < -0.3 is 59.1 Å². The minimum absolute atomic E-state index is 0.0474. The highest BCUT2D eigenvalue weighted by molar-refractivity contribution is 5.16. The van der Waals surface area contributed by atoms with Crippen LogP contribution < -0.4 is 0 Å². The first-order valence-corrected chi connectivity index (χ1v) is 19.2. The summed E-state index contributed by atoms with van der Waals surface area (Å²) >= 11 is 0. The summed E-state index contributed by atoms with van der Waals surface area (Å²) < 4.78 is 37.5. The largest absolute Gasteiger partial charge is 0.393 e. The molecule has 0 aromatic rings. The van der Waals surface area contributed by atoms with E-state index in [1.807, 2.05) is 0 Å². The molecular weight excluding hydrogens is 636 g/mol. The van der Waals surface area contributed by atoms with Crippen molar-refractivity contribution in [3.8, 4) is 0 Å². The van der Waals surface area contributed by atoms with Gasteiger partial charge in [-0.1, -0.05) is 27.7 Å². The van der Waals surface area contributed by atoms with Gasteiger partial charge in [-0.3, -0.25) is 0 Å². The highest BCUT2D eigenvalue weighted by Crippen LogP contribution is 2.71. The lowest BCUT2D eigenvalue weighted by Gasteiger charge is -2.63. The van der Waals surface area contributed by atoms with Crippen LogP contribution in [-0.2, 0) is 28.4 Å². The van der Waals surface area contributed by atoms with Gasteiger partial charge in [-0.15, -0.1) is 0 Å². The lowest BCUT2D eigenvalue weighted by molar-refractivity contribution is -0.345. The van der Waals surface area contributed by atoms with Crippen LogP contribution >= 0.6 is 0 Å². The highest BCUT2D eigenvalue weighted by Gasteiger charge is 2.70. The predicted molar refractivity (Wildman–Crippen MR) is 172 cm³/mol. The Bertz CT molecular complexity index is 1200. The van der Waals surface area contributed by atoms with Crippen LogP contribution in [0.4, 0.5) is 0 Å². The molecule has 6 N–H and O–H groups in total. The first-order valence-electron chi connectivity index (χ1n) is 19.2.